The third-order valence-electron chi connectivity index (χ3n) is 3.81. The lowest BCUT2D eigenvalue weighted by Crippen LogP contribution is -2.37. The maximum atomic E-state index is 12.2. The fourth-order valence-corrected chi connectivity index (χ4v) is 2.62. The van der Waals surface area contributed by atoms with Crippen molar-refractivity contribution in [2.75, 3.05) is 13.1 Å². The van der Waals surface area contributed by atoms with Crippen LogP contribution in [0.15, 0.2) is 34.7 Å². The van der Waals surface area contributed by atoms with Gasteiger partial charge >= 0.3 is 0 Å². The zero-order valence-corrected chi connectivity index (χ0v) is 13.0. The highest BCUT2D eigenvalue weighted by molar-refractivity contribution is 5.78. The van der Waals surface area contributed by atoms with Crippen molar-refractivity contribution in [1.82, 2.24) is 15.2 Å². The largest absolute Gasteiger partial charge is 0.441 e. The van der Waals surface area contributed by atoms with Gasteiger partial charge in [-0.2, -0.15) is 0 Å². The average Bonchev–Trinajstić information content (AvgIpc) is 2.98. The number of amides is 2. The van der Waals surface area contributed by atoms with Crippen LogP contribution in [0.4, 0.5) is 0 Å². The highest BCUT2D eigenvalue weighted by atomic mass is 16.4. The Morgan fingerprint density at radius 3 is 2.83 bits per heavy atom. The first-order valence-corrected chi connectivity index (χ1v) is 7.69. The van der Waals surface area contributed by atoms with Crippen LogP contribution in [0.3, 0.4) is 0 Å². The quantitative estimate of drug-likeness (QED) is 0.933. The number of carbonyl (C=O) groups is 2. The molecule has 1 aliphatic rings. The lowest BCUT2D eigenvalue weighted by molar-refractivity contribution is -0.132. The Morgan fingerprint density at radius 2 is 2.09 bits per heavy atom. The van der Waals surface area contributed by atoms with Gasteiger partial charge in [0.15, 0.2) is 0 Å². The summed E-state index contributed by atoms with van der Waals surface area (Å²) in [6, 6.07) is 9.73. The monoisotopic (exact) mass is 313 g/mol. The van der Waals surface area contributed by atoms with Gasteiger partial charge in [-0.05, 0) is 12.1 Å². The van der Waals surface area contributed by atoms with E-state index in [1.54, 1.807) is 4.90 Å². The molecule has 1 N–H and O–H groups in total. The normalized spacial score (nSPS) is 13.5. The van der Waals surface area contributed by atoms with Gasteiger partial charge in [-0.1, -0.05) is 18.2 Å². The summed E-state index contributed by atoms with van der Waals surface area (Å²) in [6.45, 7) is 2.89. The number of aromatic nitrogens is 1. The summed E-state index contributed by atoms with van der Waals surface area (Å²) < 4.78 is 5.83. The number of rotatable bonds is 4. The molecule has 0 bridgehead atoms. The van der Waals surface area contributed by atoms with Crippen molar-refractivity contribution in [3.63, 3.8) is 0 Å². The van der Waals surface area contributed by atoms with Crippen molar-refractivity contribution in [3.8, 4) is 11.5 Å². The van der Waals surface area contributed by atoms with Gasteiger partial charge in [0.25, 0.3) is 0 Å². The van der Waals surface area contributed by atoms with Crippen LogP contribution >= 0.6 is 0 Å². The van der Waals surface area contributed by atoms with E-state index in [2.05, 4.69) is 10.3 Å². The minimum absolute atomic E-state index is 0.0219. The van der Waals surface area contributed by atoms with Gasteiger partial charge in [-0.25, -0.2) is 4.98 Å². The second-order valence-corrected chi connectivity index (χ2v) is 5.55. The first kappa shape index (κ1) is 15.3. The number of hydrogen-bond donors (Lipinski definition) is 1. The standard InChI is InChI=1S/C17H19N3O3/c1-12(21)18-9-7-16(22)20-10-8-15-14(11-20)19-17(23-15)13-5-3-2-4-6-13/h2-6H,7-11H2,1H3,(H,18,21). The van der Waals surface area contributed by atoms with Crippen molar-refractivity contribution >= 4 is 11.8 Å². The van der Waals surface area contributed by atoms with Gasteiger partial charge in [-0.15, -0.1) is 0 Å². The summed E-state index contributed by atoms with van der Waals surface area (Å²) in [6.07, 6.45) is 0.972. The van der Waals surface area contributed by atoms with Crippen LogP contribution in [0.2, 0.25) is 0 Å². The molecule has 2 amide bonds. The maximum Gasteiger partial charge on any atom is 0.226 e. The van der Waals surface area contributed by atoms with E-state index in [0.717, 1.165) is 17.0 Å². The van der Waals surface area contributed by atoms with E-state index in [4.69, 9.17) is 4.42 Å². The summed E-state index contributed by atoms with van der Waals surface area (Å²) in [5.41, 5.74) is 1.76. The highest BCUT2D eigenvalue weighted by Gasteiger charge is 2.25. The summed E-state index contributed by atoms with van der Waals surface area (Å²) in [5, 5.41) is 2.64. The van der Waals surface area contributed by atoms with Crippen molar-refractivity contribution < 1.29 is 14.0 Å². The third kappa shape index (κ3) is 3.59. The summed E-state index contributed by atoms with van der Waals surface area (Å²) >= 11 is 0. The molecule has 1 aromatic carbocycles. The van der Waals surface area contributed by atoms with Crippen molar-refractivity contribution in [2.45, 2.75) is 26.3 Å². The first-order valence-electron chi connectivity index (χ1n) is 7.69. The molecule has 0 unspecified atom stereocenters. The van der Waals surface area contributed by atoms with E-state index >= 15 is 0 Å². The van der Waals surface area contributed by atoms with Gasteiger partial charge in [0.2, 0.25) is 17.7 Å². The Hall–Kier alpha value is -2.63. The average molecular weight is 313 g/mol. The second-order valence-electron chi connectivity index (χ2n) is 5.55. The molecule has 6 heteroatoms. The zero-order valence-electron chi connectivity index (χ0n) is 13.0. The Kier molecular flexibility index (Phi) is 4.41. The summed E-state index contributed by atoms with van der Waals surface area (Å²) in [7, 11) is 0. The molecule has 120 valence electrons. The van der Waals surface area contributed by atoms with Crippen molar-refractivity contribution in [2.24, 2.45) is 0 Å². The Balaban J connectivity index is 1.65. The fraction of sp³-hybridized carbons (Fsp3) is 0.353. The molecule has 3 rings (SSSR count). The lowest BCUT2D eigenvalue weighted by Gasteiger charge is -2.25. The van der Waals surface area contributed by atoms with Crippen molar-refractivity contribution in [3.05, 3.63) is 41.8 Å². The van der Waals surface area contributed by atoms with E-state index in [9.17, 15) is 9.59 Å². The molecule has 23 heavy (non-hydrogen) atoms. The Morgan fingerprint density at radius 1 is 1.30 bits per heavy atom. The molecule has 0 aliphatic carbocycles. The van der Waals surface area contributed by atoms with E-state index in [1.165, 1.54) is 6.92 Å². The van der Waals surface area contributed by atoms with Crippen molar-refractivity contribution in [1.29, 1.82) is 0 Å². The van der Waals surface area contributed by atoms with Crippen LogP contribution in [0.1, 0.15) is 24.8 Å². The number of oxazole rings is 1. The van der Waals surface area contributed by atoms with Crippen LogP contribution in [0, 0.1) is 0 Å². The van der Waals surface area contributed by atoms with Crippen LogP contribution in [0.5, 0.6) is 0 Å². The summed E-state index contributed by atoms with van der Waals surface area (Å²) in [4.78, 5) is 29.3. The van der Waals surface area contributed by atoms with Gasteiger partial charge in [0, 0.05) is 38.4 Å². The van der Waals surface area contributed by atoms with Gasteiger partial charge in [-0.3, -0.25) is 9.59 Å². The summed E-state index contributed by atoms with van der Waals surface area (Å²) in [5.74, 6) is 1.36. The fourth-order valence-electron chi connectivity index (χ4n) is 2.62. The maximum absolute atomic E-state index is 12.2. The molecule has 1 aromatic heterocycles. The molecule has 0 saturated carbocycles. The van der Waals surface area contributed by atoms with E-state index in [-0.39, 0.29) is 11.8 Å². The SMILES string of the molecule is CC(=O)NCCC(=O)N1CCc2oc(-c3ccccc3)nc2C1. The molecule has 2 aromatic rings. The van der Waals surface area contributed by atoms with E-state index < -0.39 is 0 Å². The second kappa shape index (κ2) is 6.64. The Labute approximate surface area is 134 Å². The minimum atomic E-state index is -0.122. The van der Waals surface area contributed by atoms with E-state index in [0.29, 0.717) is 38.4 Å². The highest BCUT2D eigenvalue weighted by Crippen LogP contribution is 2.26. The molecule has 0 atom stereocenters. The number of nitrogens with zero attached hydrogens (tertiary/aromatic N) is 2. The van der Waals surface area contributed by atoms with E-state index in [1.807, 2.05) is 30.3 Å². The van der Waals surface area contributed by atoms with Crippen LogP contribution in [-0.4, -0.2) is 34.8 Å². The smallest absolute Gasteiger partial charge is 0.226 e. The Bertz CT molecular complexity index is 709. The molecule has 0 fully saturated rings. The van der Waals surface area contributed by atoms with Gasteiger partial charge in [0.05, 0.1) is 6.54 Å². The predicted octanol–water partition coefficient (Wildman–Crippen LogP) is 1.75. The number of nitrogens with one attached hydrogen (secondary N) is 1. The molecular weight excluding hydrogens is 294 g/mol. The van der Waals surface area contributed by atoms with Crippen LogP contribution < -0.4 is 5.32 Å². The van der Waals surface area contributed by atoms with Gasteiger partial charge in [0.1, 0.15) is 11.5 Å². The minimum Gasteiger partial charge on any atom is -0.441 e. The molecule has 0 saturated heterocycles. The lowest BCUT2D eigenvalue weighted by atomic mass is 10.1. The third-order valence-corrected chi connectivity index (χ3v) is 3.81. The van der Waals surface area contributed by atoms with Crippen LogP contribution in [-0.2, 0) is 22.6 Å². The number of carbonyl (C=O) groups excluding carboxylic acids is 2. The van der Waals surface area contributed by atoms with Crippen LogP contribution in [0.25, 0.3) is 11.5 Å². The number of hydrogen-bond acceptors (Lipinski definition) is 4. The first-order chi connectivity index (χ1) is 11.1. The molecule has 2 heterocycles. The topological polar surface area (TPSA) is 75.4 Å². The molecular formula is C17H19N3O3. The molecule has 1 aliphatic heterocycles. The molecule has 0 spiro atoms. The predicted molar refractivity (Wildman–Crippen MR) is 84.4 cm³/mol. The zero-order chi connectivity index (χ0) is 16.2. The number of benzene rings is 1. The van der Waals surface area contributed by atoms with Gasteiger partial charge < -0.3 is 14.6 Å². The number of fused-ring (bicyclic) bond motifs is 1. The molecule has 6 nitrogen and oxygen atoms in total. The molecule has 0 radical (unpaired) electrons.